The lowest BCUT2D eigenvalue weighted by molar-refractivity contribution is -0.140. The zero-order valence-corrected chi connectivity index (χ0v) is 30.5. The number of carboxylic acids is 3. The molecule has 1 fully saturated rings. The molecule has 2 aliphatic heterocycles. The average Bonchev–Trinajstić information content (AvgIpc) is 3.75. The lowest BCUT2D eigenvalue weighted by Crippen LogP contribution is -2.35. The van der Waals surface area contributed by atoms with Crippen LogP contribution in [0.1, 0.15) is 0 Å². The number of carbonyl (C=O) groups is 5. The maximum Gasteiger partial charge on any atom is 0.323 e. The quantitative estimate of drug-likeness (QED) is 0.170. The number of thiazole rings is 2. The van der Waals surface area contributed by atoms with Gasteiger partial charge in [-0.05, 0) is 23.9 Å². The number of amides is 2. The molecule has 2 amide bonds. The number of hydrogen-bond donors (Lipinski definition) is 4. The minimum Gasteiger partial charge on any atom is -0.493 e. The minimum atomic E-state index is -4.41. The number of anilines is 1. The van der Waals surface area contributed by atoms with Gasteiger partial charge in [-0.3, -0.25) is 52.1 Å². The summed E-state index contributed by atoms with van der Waals surface area (Å²) in [5.74, 6) is -5.57. The molecule has 276 valence electrons. The fraction of sp³-hybridized carbons (Fsp3) is 0.250. The maximum absolute atomic E-state index is 13.7. The molecule has 4 heterocycles. The second kappa shape index (κ2) is 15.0. The molecule has 0 unspecified atom stereocenters. The van der Waals surface area contributed by atoms with Crippen molar-refractivity contribution in [2.24, 2.45) is 0 Å². The van der Waals surface area contributed by atoms with Gasteiger partial charge in [-0.2, -0.15) is 8.42 Å². The summed E-state index contributed by atoms with van der Waals surface area (Å²) in [7, 11) is -1.59. The molecule has 19 nitrogen and oxygen atoms in total. The highest BCUT2D eigenvalue weighted by Gasteiger charge is 2.38. The second-order valence-electron chi connectivity index (χ2n) is 10.4. The van der Waals surface area contributed by atoms with Crippen LogP contribution >= 0.6 is 46.2 Å². The van der Waals surface area contributed by atoms with Crippen molar-refractivity contribution in [2.75, 3.05) is 38.0 Å². The highest BCUT2D eigenvalue weighted by atomic mass is 32.2. The fourth-order valence-electron chi connectivity index (χ4n) is 4.91. The van der Waals surface area contributed by atoms with Gasteiger partial charge in [-0.1, -0.05) is 11.8 Å². The molecule has 0 bridgehead atoms. The largest absolute Gasteiger partial charge is 0.493 e. The Hall–Kier alpha value is -4.88. The van der Waals surface area contributed by atoms with Crippen molar-refractivity contribution in [3.63, 3.8) is 0 Å². The van der Waals surface area contributed by atoms with Crippen molar-refractivity contribution < 1.29 is 61.7 Å². The number of aromatic nitrogens is 2. The van der Waals surface area contributed by atoms with E-state index < -0.39 is 80.6 Å². The summed E-state index contributed by atoms with van der Waals surface area (Å²) in [6.07, 6.45) is 2.74. The van der Waals surface area contributed by atoms with E-state index in [0.717, 1.165) is 16.3 Å². The smallest absolute Gasteiger partial charge is 0.323 e. The summed E-state index contributed by atoms with van der Waals surface area (Å²) in [5, 5.41) is 27.7. The number of aliphatic carboxylic acids is 3. The number of methoxy groups -OCH3 is 2. The Bertz CT molecular complexity index is 2550. The first-order valence-electron chi connectivity index (χ1n) is 14.2. The van der Waals surface area contributed by atoms with Crippen molar-refractivity contribution >= 4 is 102 Å². The number of imide groups is 1. The number of carbonyl (C=O) groups excluding carboxylic acids is 2. The van der Waals surface area contributed by atoms with E-state index in [0.29, 0.717) is 59.3 Å². The second-order valence-corrected chi connectivity index (χ2v) is 16.1. The van der Waals surface area contributed by atoms with E-state index in [9.17, 15) is 56.7 Å². The van der Waals surface area contributed by atoms with Gasteiger partial charge < -0.3 is 29.7 Å². The maximum atomic E-state index is 13.7. The molecule has 2 aromatic heterocycles. The standard InChI is InChI=1S/C28H24N4O15S5/c1-46-13-7-12-16(8-14(13)47-2)48-17(29(12)5-6-52(43,44)45)4-3-15-23(39)30(9-18(33)34)26(49-15)21-24(40)31(10-19(35)36)27(50-21)22-25(41)32(11-20(37)38)28(42)51-22/h3-4,7-8H,5-6,9-11H2,1-2H3,(H,33,34)(H,35,36)(H,37,38)(H,43,44,45)/b15-3-,17-4+,26-21+,27-22+. The normalized spacial score (nSPS) is 17.3. The van der Waals surface area contributed by atoms with Gasteiger partial charge in [0.2, 0.25) is 0 Å². The number of hydrogen-bond acceptors (Lipinski definition) is 16. The number of nitrogens with zero attached hydrogens (tertiary/aromatic N) is 4. The predicted molar refractivity (Wildman–Crippen MR) is 187 cm³/mol. The van der Waals surface area contributed by atoms with Crippen LogP contribution in [0.4, 0.5) is 10.5 Å². The lowest BCUT2D eigenvalue weighted by atomic mass is 10.2. The first kappa shape index (κ1) is 38.4. The Balaban J connectivity index is 1.76. The first-order chi connectivity index (χ1) is 24.4. The highest BCUT2D eigenvalue weighted by molar-refractivity contribution is 8.23. The van der Waals surface area contributed by atoms with Crippen LogP contribution in [0.2, 0.25) is 0 Å². The molecule has 0 spiro atoms. The molecule has 24 heteroatoms. The molecule has 0 saturated carbocycles. The number of fused-ring (bicyclic) bond motifs is 1. The fourth-order valence-corrected chi connectivity index (χ4v) is 9.76. The summed E-state index contributed by atoms with van der Waals surface area (Å²) >= 11 is 2.61. The molecule has 5 rings (SSSR count). The number of carboxylic acid groups (broad SMARTS) is 3. The van der Waals surface area contributed by atoms with Gasteiger partial charge in [0.1, 0.15) is 38.4 Å². The van der Waals surface area contributed by atoms with Gasteiger partial charge in [0.15, 0.2) is 11.5 Å². The van der Waals surface area contributed by atoms with Crippen molar-refractivity contribution in [1.82, 2.24) is 14.0 Å². The molecular weight excluding hydrogens is 793 g/mol. The Kier molecular flexibility index (Phi) is 11.1. The third-order valence-electron chi connectivity index (χ3n) is 7.10. The third kappa shape index (κ3) is 7.80. The van der Waals surface area contributed by atoms with Crippen molar-refractivity contribution in [3.05, 3.63) is 62.3 Å². The van der Waals surface area contributed by atoms with Crippen LogP contribution < -0.4 is 34.7 Å². The number of rotatable bonds is 12. The highest BCUT2D eigenvalue weighted by Crippen LogP contribution is 2.50. The van der Waals surface area contributed by atoms with E-state index >= 15 is 0 Å². The zero-order valence-electron chi connectivity index (χ0n) is 26.5. The molecule has 3 aromatic rings. The molecule has 0 radical (unpaired) electrons. The lowest BCUT2D eigenvalue weighted by Gasteiger charge is -2.20. The van der Waals surface area contributed by atoms with Crippen LogP contribution in [0.3, 0.4) is 0 Å². The molecule has 52 heavy (non-hydrogen) atoms. The molecule has 4 N–H and O–H groups in total. The van der Waals surface area contributed by atoms with Crippen LogP contribution in [-0.4, -0.2) is 104 Å². The van der Waals surface area contributed by atoms with E-state index in [1.807, 2.05) is 0 Å². The number of thioether (sulfide) groups is 2. The molecule has 0 atom stereocenters. The summed E-state index contributed by atoms with van der Waals surface area (Å²) in [6.45, 7) is -3.15. The van der Waals surface area contributed by atoms with E-state index in [1.54, 1.807) is 12.1 Å². The molecule has 2 aliphatic rings. The number of ether oxygens (including phenoxy) is 2. The molecule has 0 aliphatic carbocycles. The van der Waals surface area contributed by atoms with E-state index in [4.69, 9.17) is 14.6 Å². The summed E-state index contributed by atoms with van der Waals surface area (Å²) in [5.41, 5.74) is -1.41. The van der Waals surface area contributed by atoms with Crippen molar-refractivity contribution in [1.29, 1.82) is 0 Å². The number of allylic oxidation sites excluding steroid dienone is 1. The monoisotopic (exact) mass is 816 g/mol. The van der Waals surface area contributed by atoms with E-state index in [1.165, 1.54) is 31.3 Å². The Labute approximate surface area is 306 Å². The van der Waals surface area contributed by atoms with Crippen LogP contribution in [0, 0.1) is 9.20 Å². The first-order valence-corrected chi connectivity index (χ1v) is 19.1. The van der Waals surface area contributed by atoms with Crippen molar-refractivity contribution in [3.8, 4) is 11.5 Å². The Morgan fingerprint density at radius 3 is 1.96 bits per heavy atom. The minimum absolute atomic E-state index is 0.105. The van der Waals surface area contributed by atoms with Gasteiger partial charge in [0, 0.05) is 23.6 Å². The molecule has 1 saturated heterocycles. The third-order valence-corrected chi connectivity index (χ3v) is 12.5. The summed E-state index contributed by atoms with van der Waals surface area (Å²) < 4.78 is 43.9. The predicted octanol–water partition coefficient (Wildman–Crippen LogP) is -0.383. The topological polar surface area (TPSA) is 269 Å². The molecule has 1 aromatic carbocycles. The van der Waals surface area contributed by atoms with Gasteiger partial charge in [0.05, 0.1) is 35.2 Å². The van der Waals surface area contributed by atoms with Crippen molar-refractivity contribution in [2.45, 2.75) is 18.0 Å². The van der Waals surface area contributed by atoms with Crippen LogP contribution in [0.25, 0.3) is 11.0 Å². The van der Waals surface area contributed by atoms with E-state index in [2.05, 4.69) is 0 Å². The van der Waals surface area contributed by atoms with E-state index in [-0.39, 0.29) is 36.7 Å². The van der Waals surface area contributed by atoms with Gasteiger partial charge in [-0.25, -0.2) is 0 Å². The van der Waals surface area contributed by atoms with Gasteiger partial charge in [0.25, 0.3) is 32.4 Å². The number of benzene rings is 1. The zero-order chi connectivity index (χ0) is 38.2. The van der Waals surface area contributed by atoms with Gasteiger partial charge in [-0.15, -0.1) is 22.7 Å². The van der Waals surface area contributed by atoms with Crippen LogP contribution in [0.5, 0.6) is 11.5 Å². The SMILES string of the molecule is COc1cc2c(cc1OC)N(CCS(=O)(=O)O)/C(=C\C=c1/s/c(=c3/s/c(=C4/SC(=O)N(CC(=O)O)C4=O)n(CC(=O)O)c3=O)n(CC(=O)O)c1=O)S2. The molecular formula is C28H24N4O15S5. The Morgan fingerprint density at radius 2 is 1.38 bits per heavy atom. The van der Waals surface area contributed by atoms with Crippen LogP contribution in [-0.2, 0) is 42.4 Å². The van der Waals surface area contributed by atoms with Crippen LogP contribution in [0.15, 0.2) is 37.7 Å². The Morgan fingerprint density at radius 1 is 0.788 bits per heavy atom. The average molecular weight is 817 g/mol. The van der Waals surface area contributed by atoms with Gasteiger partial charge >= 0.3 is 17.9 Å². The summed E-state index contributed by atoms with van der Waals surface area (Å²) in [6, 6.07) is 3.23. The summed E-state index contributed by atoms with van der Waals surface area (Å²) in [4.78, 5) is 89.7.